The number of fused-ring (bicyclic) bond motifs is 7. The van der Waals surface area contributed by atoms with Crippen LogP contribution in [0.25, 0.3) is 0 Å². The first-order valence-electron chi connectivity index (χ1n) is 13.5. The summed E-state index contributed by atoms with van der Waals surface area (Å²) in [7, 11) is 1.52. The monoisotopic (exact) mass is 538 g/mol. The van der Waals surface area contributed by atoms with Crippen LogP contribution in [0.3, 0.4) is 0 Å². The molecule has 6 rings (SSSR count). The molecule has 0 aliphatic carbocycles. The Labute approximate surface area is 229 Å². The average molecular weight is 539 g/mol. The van der Waals surface area contributed by atoms with Gasteiger partial charge in [-0.2, -0.15) is 0 Å². The van der Waals surface area contributed by atoms with E-state index >= 15 is 0 Å². The topological polar surface area (TPSA) is 102 Å². The van der Waals surface area contributed by atoms with Gasteiger partial charge in [0, 0.05) is 50.4 Å². The van der Waals surface area contributed by atoms with E-state index in [0.717, 1.165) is 44.2 Å². The Balaban J connectivity index is 1.39. The Morgan fingerprint density at radius 2 is 1.82 bits per heavy atom. The van der Waals surface area contributed by atoms with Gasteiger partial charge in [0.25, 0.3) is 11.8 Å². The molecule has 0 unspecified atom stereocenters. The highest BCUT2D eigenvalue weighted by Gasteiger charge is 2.39. The number of carbonyl (C=O) groups is 2. The molecule has 4 bridgehead atoms. The van der Waals surface area contributed by atoms with Gasteiger partial charge in [0.05, 0.1) is 26.4 Å². The maximum absolute atomic E-state index is 13.4. The zero-order valence-electron chi connectivity index (χ0n) is 22.9. The molecule has 4 heterocycles. The van der Waals surface area contributed by atoms with E-state index in [1.54, 1.807) is 18.2 Å². The van der Waals surface area contributed by atoms with Crippen molar-refractivity contribution in [1.82, 2.24) is 20.4 Å². The van der Waals surface area contributed by atoms with Gasteiger partial charge in [-0.3, -0.25) is 19.4 Å². The molecule has 210 valence electrons. The van der Waals surface area contributed by atoms with Crippen molar-refractivity contribution in [3.63, 3.8) is 0 Å². The average Bonchev–Trinajstić information content (AvgIpc) is 3.30. The van der Waals surface area contributed by atoms with Crippen molar-refractivity contribution in [3.8, 4) is 17.2 Å². The molecule has 2 amide bonds. The fourth-order valence-electron chi connectivity index (χ4n) is 5.49. The van der Waals surface area contributed by atoms with Crippen LogP contribution >= 0.6 is 0 Å². The molecule has 0 saturated carbocycles. The summed E-state index contributed by atoms with van der Waals surface area (Å²) in [5.41, 5.74) is 1.32. The van der Waals surface area contributed by atoms with Crippen molar-refractivity contribution in [2.24, 2.45) is 0 Å². The molecular formula is C29H38N4O6. The Morgan fingerprint density at radius 3 is 2.56 bits per heavy atom. The molecule has 0 radical (unpaired) electrons. The van der Waals surface area contributed by atoms with E-state index < -0.39 is 0 Å². The van der Waals surface area contributed by atoms with Crippen molar-refractivity contribution in [1.29, 1.82) is 0 Å². The summed E-state index contributed by atoms with van der Waals surface area (Å²) in [6, 6.07) is 12.4. The van der Waals surface area contributed by atoms with Crippen LogP contribution in [0, 0.1) is 0 Å². The third-order valence-electron chi connectivity index (χ3n) is 7.62. The molecule has 10 nitrogen and oxygen atoms in total. The second-order valence-electron chi connectivity index (χ2n) is 10.9. The molecule has 39 heavy (non-hydrogen) atoms. The number of methoxy groups -OCH3 is 1. The lowest BCUT2D eigenvalue weighted by Crippen LogP contribution is -2.55. The van der Waals surface area contributed by atoms with Crippen LogP contribution in [0.4, 0.5) is 0 Å². The molecule has 0 spiro atoms. The number of hydrogen-bond donors (Lipinski definition) is 2. The zero-order chi connectivity index (χ0) is 27.4. The first-order chi connectivity index (χ1) is 18.8. The molecule has 0 aromatic heterocycles. The maximum atomic E-state index is 13.4. The molecule has 10 heteroatoms. The second-order valence-corrected chi connectivity index (χ2v) is 10.9. The highest BCUT2D eigenvalue weighted by molar-refractivity contribution is 5.95. The van der Waals surface area contributed by atoms with E-state index in [9.17, 15) is 9.59 Å². The number of benzene rings is 2. The van der Waals surface area contributed by atoms with Crippen LogP contribution in [-0.4, -0.2) is 99.0 Å². The number of nitrogens with one attached hydrogen (secondary N) is 2. The number of hydrogen-bond acceptors (Lipinski definition) is 8. The minimum absolute atomic E-state index is 0.0463. The fourth-order valence-corrected chi connectivity index (χ4v) is 5.49. The Kier molecular flexibility index (Phi) is 8.25. The van der Waals surface area contributed by atoms with Crippen molar-refractivity contribution in [2.45, 2.75) is 38.1 Å². The first-order valence-corrected chi connectivity index (χ1v) is 13.5. The van der Waals surface area contributed by atoms with Crippen molar-refractivity contribution >= 4 is 11.8 Å². The van der Waals surface area contributed by atoms with Crippen LogP contribution < -0.4 is 24.8 Å². The Morgan fingerprint density at radius 1 is 1.05 bits per heavy atom. The first kappa shape index (κ1) is 27.2. The second kappa shape index (κ2) is 11.8. The van der Waals surface area contributed by atoms with Gasteiger partial charge in [-0.05, 0) is 49.7 Å². The number of rotatable bonds is 4. The predicted molar refractivity (Wildman–Crippen MR) is 145 cm³/mol. The molecular weight excluding hydrogens is 500 g/mol. The summed E-state index contributed by atoms with van der Waals surface area (Å²) in [4.78, 5) is 30.6. The smallest absolute Gasteiger partial charge is 0.258 e. The normalized spacial score (nSPS) is 23.2. The number of ether oxygens (including phenoxy) is 4. The van der Waals surface area contributed by atoms with Gasteiger partial charge in [0.15, 0.2) is 18.1 Å². The van der Waals surface area contributed by atoms with Crippen molar-refractivity contribution in [2.75, 3.05) is 59.7 Å². The van der Waals surface area contributed by atoms with Crippen LogP contribution in [-0.2, 0) is 16.1 Å². The number of carbonyl (C=O) groups excluding carboxylic acids is 2. The molecule has 2 aromatic carbocycles. The lowest BCUT2D eigenvalue weighted by Gasteiger charge is -2.42. The minimum Gasteiger partial charge on any atom is -0.493 e. The van der Waals surface area contributed by atoms with Crippen LogP contribution in [0.1, 0.15) is 29.8 Å². The number of likely N-dealkylation sites (tertiary alicyclic amines) is 1. The fraction of sp³-hybridized carbons (Fsp3) is 0.517. The molecule has 4 aliphatic heterocycles. The molecule has 2 N–H and O–H groups in total. The molecule has 2 aromatic rings. The molecule has 2 saturated heterocycles. The number of morpholine rings is 1. The van der Waals surface area contributed by atoms with Crippen LogP contribution in [0.15, 0.2) is 42.5 Å². The Bertz CT molecular complexity index is 1160. The SMILES string of the molecule is COc1ccc2cc1OCC(=O)NCc1ccc(cc1)O[C@H]1CN(CC(C)(C)N3CCOCC3)C[C@@H]1NC2=O. The summed E-state index contributed by atoms with van der Waals surface area (Å²) < 4.78 is 23.1. The zero-order valence-corrected chi connectivity index (χ0v) is 22.9. The van der Waals surface area contributed by atoms with E-state index in [1.165, 1.54) is 7.11 Å². The van der Waals surface area contributed by atoms with Gasteiger partial charge in [-0.15, -0.1) is 0 Å². The summed E-state index contributed by atoms with van der Waals surface area (Å²) in [6.07, 6.45) is -0.232. The van der Waals surface area contributed by atoms with Gasteiger partial charge in [0.2, 0.25) is 0 Å². The van der Waals surface area contributed by atoms with Gasteiger partial charge in [-0.1, -0.05) is 12.1 Å². The lowest BCUT2D eigenvalue weighted by atomic mass is 10.0. The Hall–Kier alpha value is -3.34. The van der Waals surface area contributed by atoms with Gasteiger partial charge < -0.3 is 29.6 Å². The quantitative estimate of drug-likeness (QED) is 0.607. The van der Waals surface area contributed by atoms with Crippen LogP contribution in [0.5, 0.6) is 17.2 Å². The van der Waals surface area contributed by atoms with E-state index in [0.29, 0.717) is 36.7 Å². The van der Waals surface area contributed by atoms with E-state index in [1.807, 2.05) is 24.3 Å². The van der Waals surface area contributed by atoms with Gasteiger partial charge >= 0.3 is 0 Å². The van der Waals surface area contributed by atoms with Crippen molar-refractivity contribution < 1.29 is 28.5 Å². The maximum Gasteiger partial charge on any atom is 0.258 e. The molecule has 4 aliphatic rings. The van der Waals surface area contributed by atoms with E-state index in [-0.39, 0.29) is 36.1 Å². The molecule has 2 atom stereocenters. The molecule has 2 fully saturated rings. The van der Waals surface area contributed by atoms with Gasteiger partial charge in [0.1, 0.15) is 11.9 Å². The third kappa shape index (κ3) is 6.63. The highest BCUT2D eigenvalue weighted by Crippen LogP contribution is 2.29. The van der Waals surface area contributed by atoms with Crippen molar-refractivity contribution in [3.05, 3.63) is 53.6 Å². The van der Waals surface area contributed by atoms with Crippen LogP contribution in [0.2, 0.25) is 0 Å². The lowest BCUT2D eigenvalue weighted by molar-refractivity contribution is -0.123. The summed E-state index contributed by atoms with van der Waals surface area (Å²) in [5.74, 6) is 1.00. The summed E-state index contributed by atoms with van der Waals surface area (Å²) in [6.45, 7) is 10.2. The standard InChI is InChI=1S/C29H38N4O6/c1-29(2,33-10-12-37-13-11-33)19-32-16-23-26(17-32)39-22-7-4-20(5-8-22)15-30-27(34)18-38-25-14-21(28(35)31-23)6-9-24(25)36-3/h4-9,14,23,26H,10-13,15-19H2,1-3H3,(H,30,34)(H,31,35)/t23-,26-/m0/s1. The van der Waals surface area contributed by atoms with Gasteiger partial charge in [-0.25, -0.2) is 0 Å². The predicted octanol–water partition coefficient (Wildman–Crippen LogP) is 1.68. The summed E-state index contributed by atoms with van der Waals surface area (Å²) >= 11 is 0. The van der Waals surface area contributed by atoms with E-state index in [2.05, 4.69) is 34.3 Å². The largest absolute Gasteiger partial charge is 0.493 e. The number of amides is 2. The summed E-state index contributed by atoms with van der Waals surface area (Å²) in [5, 5.41) is 6.06. The highest BCUT2D eigenvalue weighted by atomic mass is 16.5. The third-order valence-corrected chi connectivity index (χ3v) is 7.62. The number of nitrogens with zero attached hydrogens (tertiary/aromatic N) is 2. The van der Waals surface area contributed by atoms with E-state index in [4.69, 9.17) is 18.9 Å². The minimum atomic E-state index is -0.272.